The molecule has 0 N–H and O–H groups in total. The number of allylic oxidation sites excluding steroid dienone is 1. The van der Waals surface area contributed by atoms with Crippen molar-refractivity contribution in [2.45, 2.75) is 63.8 Å². The molecule has 0 saturated heterocycles. The molecule has 0 spiro atoms. The fraction of sp³-hybridized carbons (Fsp3) is 0.179. The molecular formula is C56H46N3O+. The fourth-order valence-corrected chi connectivity index (χ4v) is 11.1. The van der Waals surface area contributed by atoms with Gasteiger partial charge in [0.05, 0.1) is 17.3 Å². The van der Waals surface area contributed by atoms with Gasteiger partial charge in [0.1, 0.15) is 22.6 Å². The highest BCUT2D eigenvalue weighted by molar-refractivity contribution is 6.12. The van der Waals surface area contributed by atoms with E-state index in [4.69, 9.17) is 16.0 Å². The molecule has 5 heterocycles. The largest absolute Gasteiger partial charge is 0.456 e. The zero-order valence-electron chi connectivity index (χ0n) is 34.4. The highest BCUT2D eigenvalue weighted by atomic mass is 16.3. The number of imidazole rings is 1. The number of para-hydroxylation sites is 1. The van der Waals surface area contributed by atoms with Crippen LogP contribution in [-0.2, 0) is 6.42 Å². The molecule has 7 aromatic carbocycles. The summed E-state index contributed by atoms with van der Waals surface area (Å²) in [6.45, 7) is 16.3. The molecule has 9 aromatic rings. The lowest BCUT2D eigenvalue weighted by atomic mass is 9.78. The van der Waals surface area contributed by atoms with Gasteiger partial charge >= 0.3 is 0 Å². The molecule has 0 radical (unpaired) electrons. The molecule has 12 rings (SSSR count). The summed E-state index contributed by atoms with van der Waals surface area (Å²) in [4.78, 5) is 5.49. The number of aromatic nitrogens is 2. The van der Waals surface area contributed by atoms with Gasteiger partial charge in [-0.2, -0.15) is 9.13 Å². The Balaban J connectivity index is 1.23. The van der Waals surface area contributed by atoms with E-state index >= 15 is 0 Å². The van der Waals surface area contributed by atoms with Crippen molar-refractivity contribution >= 4 is 55.2 Å². The Morgan fingerprint density at radius 3 is 2.40 bits per heavy atom. The van der Waals surface area contributed by atoms with Crippen molar-refractivity contribution in [2.75, 3.05) is 0 Å². The Morgan fingerprint density at radius 1 is 0.767 bits per heavy atom. The van der Waals surface area contributed by atoms with Crippen LogP contribution in [0.1, 0.15) is 84.7 Å². The van der Waals surface area contributed by atoms with Crippen LogP contribution >= 0.6 is 0 Å². The molecule has 4 nitrogen and oxygen atoms in total. The number of benzene rings is 7. The summed E-state index contributed by atoms with van der Waals surface area (Å²) in [5.41, 5.74) is 19.0. The number of nitrogens with zero attached hydrogens (tertiary/aromatic N) is 3. The molecule has 0 saturated carbocycles. The van der Waals surface area contributed by atoms with Gasteiger partial charge in [0.15, 0.2) is 11.0 Å². The van der Waals surface area contributed by atoms with E-state index in [0.29, 0.717) is 12.3 Å². The molecule has 0 aliphatic carbocycles. The molecule has 3 aliphatic heterocycles. The first kappa shape index (κ1) is 35.2. The van der Waals surface area contributed by atoms with Gasteiger partial charge in [-0.1, -0.05) is 131 Å². The number of rotatable bonds is 3. The minimum absolute atomic E-state index is 0.00879. The monoisotopic (exact) mass is 776 g/mol. The second kappa shape index (κ2) is 13.1. The van der Waals surface area contributed by atoms with Crippen molar-refractivity contribution in [1.82, 2.24) is 4.57 Å². The van der Waals surface area contributed by atoms with Crippen LogP contribution in [-0.4, -0.2) is 16.3 Å². The van der Waals surface area contributed by atoms with Crippen molar-refractivity contribution < 1.29 is 8.98 Å². The number of aryl methyl sites for hydroxylation is 1. The van der Waals surface area contributed by atoms with E-state index in [0.717, 1.165) is 52.0 Å². The maximum absolute atomic E-state index is 6.80. The van der Waals surface area contributed by atoms with E-state index in [9.17, 15) is 0 Å². The first-order valence-electron chi connectivity index (χ1n) is 21.6. The number of aliphatic imine (C=N–C) groups is 1. The summed E-state index contributed by atoms with van der Waals surface area (Å²) in [5.74, 6) is 1.86. The molecule has 290 valence electrons. The molecule has 3 atom stereocenters. The van der Waals surface area contributed by atoms with Crippen molar-refractivity contribution in [3.8, 4) is 28.2 Å². The van der Waals surface area contributed by atoms with Crippen molar-refractivity contribution in [1.29, 1.82) is 0 Å². The third kappa shape index (κ3) is 4.97. The van der Waals surface area contributed by atoms with E-state index in [-0.39, 0.29) is 17.9 Å². The molecule has 3 aliphatic rings. The van der Waals surface area contributed by atoms with Crippen LogP contribution in [0, 0.1) is 0 Å². The fourth-order valence-electron chi connectivity index (χ4n) is 11.1. The van der Waals surface area contributed by atoms with E-state index in [1.54, 1.807) is 0 Å². The summed E-state index contributed by atoms with van der Waals surface area (Å²) >= 11 is 0. The van der Waals surface area contributed by atoms with Gasteiger partial charge in [-0.05, 0) is 94.4 Å². The summed E-state index contributed by atoms with van der Waals surface area (Å²) < 4.78 is 12.0. The van der Waals surface area contributed by atoms with E-state index in [1.165, 1.54) is 77.6 Å². The summed E-state index contributed by atoms with van der Waals surface area (Å²) in [6.07, 6.45) is 4.46. The predicted molar refractivity (Wildman–Crippen MR) is 249 cm³/mol. The Labute approximate surface area is 350 Å². The second-order valence-corrected chi connectivity index (χ2v) is 17.5. The van der Waals surface area contributed by atoms with Crippen molar-refractivity contribution in [3.05, 3.63) is 186 Å². The highest BCUT2D eigenvalue weighted by Gasteiger charge is 2.41. The molecule has 0 bridgehead atoms. The minimum Gasteiger partial charge on any atom is -0.456 e. The molecule has 60 heavy (non-hydrogen) atoms. The Bertz CT molecular complexity index is 3340. The van der Waals surface area contributed by atoms with Crippen LogP contribution in [0.15, 0.2) is 162 Å². The Morgan fingerprint density at radius 2 is 1.55 bits per heavy atom. The summed E-state index contributed by atoms with van der Waals surface area (Å²) in [5, 5.41) is 4.82. The quantitative estimate of drug-likeness (QED) is 0.165. The molecule has 4 heteroatoms. The van der Waals surface area contributed by atoms with Crippen LogP contribution in [0.3, 0.4) is 0 Å². The lowest BCUT2D eigenvalue weighted by molar-refractivity contribution is -0.542. The average molecular weight is 777 g/mol. The lowest BCUT2D eigenvalue weighted by Crippen LogP contribution is -2.38. The van der Waals surface area contributed by atoms with Crippen molar-refractivity contribution in [3.63, 3.8) is 0 Å². The zero-order valence-corrected chi connectivity index (χ0v) is 34.4. The van der Waals surface area contributed by atoms with Gasteiger partial charge in [0, 0.05) is 51.1 Å². The third-order valence-corrected chi connectivity index (χ3v) is 13.9. The maximum atomic E-state index is 6.80. The molecule has 3 unspecified atom stereocenters. The standard InChI is InChI=1S/C56H46N3O/c1-6-48-43-18-11-10-17-42(43)44-25-22-38-30-52-47(46-29-37(24-27-51(46)60-52)35-14-8-7-9-15-35)31-45(38)56-58(33(4)28-49(44)57-48)50-26-23-36-16-12-20-40-34(5)41-21-13-19-39(32(2)3)54(41)59(56)55(50)53(36)40/h6-21,23-24,26-27,29-32,34,44,49H,1,4,22,25,28H2,2-3,5H3/q+1. The van der Waals surface area contributed by atoms with Crippen molar-refractivity contribution in [2.24, 2.45) is 4.99 Å². The van der Waals surface area contributed by atoms with E-state index in [1.807, 2.05) is 6.08 Å². The summed E-state index contributed by atoms with van der Waals surface area (Å²) in [7, 11) is 0. The van der Waals surface area contributed by atoms with Crippen LogP contribution in [0.2, 0.25) is 0 Å². The maximum Gasteiger partial charge on any atom is 0.300 e. The summed E-state index contributed by atoms with van der Waals surface area (Å²) in [6, 6.07) is 49.4. The smallest absolute Gasteiger partial charge is 0.300 e. The minimum atomic E-state index is 0.00879. The normalized spacial score (nSPS) is 18.2. The average Bonchev–Trinajstić information content (AvgIpc) is 3.79. The first-order chi connectivity index (χ1) is 29.4. The van der Waals surface area contributed by atoms with Crippen LogP contribution in [0.25, 0.3) is 77.6 Å². The first-order valence-corrected chi connectivity index (χ1v) is 21.6. The van der Waals surface area contributed by atoms with Gasteiger partial charge in [-0.25, -0.2) is 0 Å². The van der Waals surface area contributed by atoms with Crippen LogP contribution in [0.5, 0.6) is 0 Å². The number of hydrogen-bond acceptors (Lipinski definition) is 2. The molecule has 0 amide bonds. The molecule has 2 aromatic heterocycles. The van der Waals surface area contributed by atoms with E-state index in [2.05, 4.69) is 170 Å². The zero-order chi connectivity index (χ0) is 40.4. The highest BCUT2D eigenvalue weighted by Crippen LogP contribution is 2.48. The predicted octanol–water partition coefficient (Wildman–Crippen LogP) is 13.8. The third-order valence-electron chi connectivity index (χ3n) is 13.9. The molecule has 0 fully saturated rings. The van der Waals surface area contributed by atoms with Gasteiger partial charge < -0.3 is 4.42 Å². The Kier molecular flexibility index (Phi) is 7.69. The SMILES string of the molecule is C=CC1=NC2CC(=C)[n+]3c(n4c5c6c(cccc6ccc53)C(C)c3cccc(C(C)C)c3-4)-c3cc4c(cc3CCC2c2ccccc21)oc1ccc(-c2ccccc2)cc14. The number of fused-ring (bicyclic) bond motifs is 13. The van der Waals surface area contributed by atoms with Gasteiger partial charge in [0.2, 0.25) is 0 Å². The van der Waals surface area contributed by atoms with Crippen LogP contribution < -0.4 is 4.57 Å². The van der Waals surface area contributed by atoms with Gasteiger partial charge in [-0.3, -0.25) is 4.99 Å². The topological polar surface area (TPSA) is 34.3 Å². The second-order valence-electron chi connectivity index (χ2n) is 17.5. The van der Waals surface area contributed by atoms with Gasteiger partial charge in [0.25, 0.3) is 5.82 Å². The molecular weight excluding hydrogens is 731 g/mol. The van der Waals surface area contributed by atoms with E-state index < -0.39 is 0 Å². The van der Waals surface area contributed by atoms with Gasteiger partial charge in [-0.15, -0.1) is 0 Å². The Hall–Kier alpha value is -6.78. The van der Waals surface area contributed by atoms with Crippen LogP contribution in [0.4, 0.5) is 0 Å². The number of hydrogen-bond donors (Lipinski definition) is 0. The lowest BCUT2D eigenvalue weighted by Gasteiger charge is -2.32. The number of furan rings is 1.